The molecule has 0 bridgehead atoms. The maximum Gasteiger partial charge on any atom is 0.303 e. The zero-order valence-corrected chi connectivity index (χ0v) is 22.2. The van der Waals surface area contributed by atoms with Gasteiger partial charge in [-0.05, 0) is 80.8 Å². The van der Waals surface area contributed by atoms with Crippen LogP contribution >= 0.6 is 0 Å². The Morgan fingerprint density at radius 1 is 1.14 bits per heavy atom. The van der Waals surface area contributed by atoms with Gasteiger partial charge < -0.3 is 19.7 Å². The number of benzene rings is 1. The molecule has 0 saturated heterocycles. The number of aromatic nitrogens is 3. The summed E-state index contributed by atoms with van der Waals surface area (Å²) in [4.78, 5) is 16.6. The molecule has 1 unspecified atom stereocenters. The van der Waals surface area contributed by atoms with Crippen LogP contribution in [0, 0.1) is 0 Å². The average Bonchev–Trinajstić information content (AvgIpc) is 3.21. The number of nitrogens with zero attached hydrogens (tertiary/aromatic N) is 3. The van der Waals surface area contributed by atoms with Gasteiger partial charge in [0.25, 0.3) is 0 Å². The van der Waals surface area contributed by atoms with Gasteiger partial charge >= 0.3 is 5.97 Å². The Bertz CT molecular complexity index is 1240. The lowest BCUT2D eigenvalue weighted by Gasteiger charge is -2.23. The number of aliphatic carboxylic acids is 1. The number of carbonyl (C=O) groups is 1. The maximum atomic E-state index is 11.7. The van der Waals surface area contributed by atoms with E-state index >= 15 is 0 Å². The molecular weight excluding hydrogens is 470 g/mol. The van der Waals surface area contributed by atoms with Gasteiger partial charge in [-0.1, -0.05) is 12.1 Å². The molecule has 0 saturated carbocycles. The molecule has 198 valence electrons. The zero-order valence-electron chi connectivity index (χ0n) is 22.2. The van der Waals surface area contributed by atoms with E-state index < -0.39 is 17.5 Å². The van der Waals surface area contributed by atoms with Crippen molar-refractivity contribution in [3.05, 3.63) is 70.2 Å². The molecule has 1 aliphatic rings. The molecule has 1 atom stereocenters. The second-order valence-corrected chi connectivity index (χ2v) is 10.3. The van der Waals surface area contributed by atoms with Crippen molar-refractivity contribution in [1.82, 2.24) is 14.8 Å². The summed E-state index contributed by atoms with van der Waals surface area (Å²) in [6.07, 6.45) is 5.61. The van der Waals surface area contributed by atoms with Crippen LogP contribution in [0.3, 0.4) is 0 Å². The first-order chi connectivity index (χ1) is 17.6. The van der Waals surface area contributed by atoms with Gasteiger partial charge in [0.2, 0.25) is 5.88 Å². The van der Waals surface area contributed by atoms with Gasteiger partial charge in [-0.2, -0.15) is 5.10 Å². The lowest BCUT2D eigenvalue weighted by molar-refractivity contribution is -0.137. The Morgan fingerprint density at radius 3 is 2.65 bits per heavy atom. The van der Waals surface area contributed by atoms with E-state index in [-0.39, 0.29) is 6.42 Å². The van der Waals surface area contributed by atoms with E-state index in [0.717, 1.165) is 29.8 Å². The molecule has 1 aliphatic carbocycles. The van der Waals surface area contributed by atoms with Gasteiger partial charge in [-0.3, -0.25) is 9.78 Å². The Hall–Kier alpha value is -3.39. The molecule has 0 radical (unpaired) electrons. The summed E-state index contributed by atoms with van der Waals surface area (Å²) in [5.74, 6) is -0.0914. The average molecular weight is 508 g/mol. The van der Waals surface area contributed by atoms with Crippen molar-refractivity contribution in [3.8, 4) is 11.6 Å². The molecule has 8 heteroatoms. The number of aliphatic hydroxyl groups is 1. The summed E-state index contributed by atoms with van der Waals surface area (Å²) in [6.45, 7) is 3.88. The Balaban J connectivity index is 1.47. The van der Waals surface area contributed by atoms with E-state index in [2.05, 4.69) is 17.2 Å². The van der Waals surface area contributed by atoms with Crippen molar-refractivity contribution in [1.29, 1.82) is 0 Å². The van der Waals surface area contributed by atoms with Crippen molar-refractivity contribution < 1.29 is 24.5 Å². The summed E-state index contributed by atoms with van der Waals surface area (Å²) in [5, 5.41) is 24.7. The quantitative estimate of drug-likeness (QED) is 0.397. The monoisotopic (exact) mass is 507 g/mol. The van der Waals surface area contributed by atoms with Crippen LogP contribution in [0.2, 0.25) is 0 Å². The van der Waals surface area contributed by atoms with Crippen LogP contribution in [0.1, 0.15) is 72.8 Å². The van der Waals surface area contributed by atoms with Crippen LogP contribution in [0.4, 0.5) is 0 Å². The van der Waals surface area contributed by atoms with E-state index in [4.69, 9.17) is 14.5 Å². The molecule has 1 aromatic carbocycles. The molecule has 0 spiro atoms. The van der Waals surface area contributed by atoms with E-state index in [1.807, 2.05) is 19.2 Å². The number of rotatable bonds is 11. The van der Waals surface area contributed by atoms with Crippen LogP contribution in [0.15, 0.2) is 36.4 Å². The first-order valence-corrected chi connectivity index (χ1v) is 12.9. The molecule has 3 aromatic rings. The van der Waals surface area contributed by atoms with Gasteiger partial charge in [-0.25, -0.2) is 4.68 Å². The fraction of sp³-hybridized carbons (Fsp3) is 0.483. The summed E-state index contributed by atoms with van der Waals surface area (Å²) >= 11 is 0. The number of carboxylic acid groups (broad SMARTS) is 1. The van der Waals surface area contributed by atoms with Gasteiger partial charge in [-0.15, -0.1) is 0 Å². The van der Waals surface area contributed by atoms with Crippen molar-refractivity contribution >= 4 is 5.97 Å². The van der Waals surface area contributed by atoms with Crippen LogP contribution < -0.4 is 9.47 Å². The van der Waals surface area contributed by atoms with Crippen LogP contribution in [0.25, 0.3) is 0 Å². The molecule has 2 N–H and O–H groups in total. The highest BCUT2D eigenvalue weighted by Crippen LogP contribution is 2.35. The molecular formula is C29H37N3O5. The van der Waals surface area contributed by atoms with Gasteiger partial charge in [0.1, 0.15) is 5.75 Å². The summed E-state index contributed by atoms with van der Waals surface area (Å²) in [7, 11) is 3.38. The fourth-order valence-electron chi connectivity index (χ4n) is 4.96. The summed E-state index contributed by atoms with van der Waals surface area (Å²) < 4.78 is 13.2. The number of fused-ring (bicyclic) bond motifs is 1. The van der Waals surface area contributed by atoms with E-state index in [0.29, 0.717) is 36.6 Å². The third-order valence-corrected chi connectivity index (χ3v) is 6.98. The minimum Gasteiger partial charge on any atom is -0.496 e. The Kier molecular flexibility index (Phi) is 8.17. The second kappa shape index (κ2) is 11.3. The van der Waals surface area contributed by atoms with Gasteiger partial charge in [0, 0.05) is 36.8 Å². The number of methoxy groups -OCH3 is 1. The number of ether oxygens (including phenoxy) is 2. The third kappa shape index (κ3) is 6.68. The number of aryl methyl sites for hydroxylation is 3. The minimum absolute atomic E-state index is 0.0948. The minimum atomic E-state index is -1.06. The second-order valence-electron chi connectivity index (χ2n) is 10.3. The highest BCUT2D eigenvalue weighted by Gasteiger charge is 2.25. The fourth-order valence-corrected chi connectivity index (χ4v) is 4.96. The first-order valence-electron chi connectivity index (χ1n) is 12.9. The molecule has 2 aromatic heterocycles. The van der Waals surface area contributed by atoms with Crippen molar-refractivity contribution in [2.24, 2.45) is 7.05 Å². The maximum absolute atomic E-state index is 11.7. The highest BCUT2D eigenvalue weighted by atomic mass is 16.5. The lowest BCUT2D eigenvalue weighted by atomic mass is 9.86. The smallest absolute Gasteiger partial charge is 0.303 e. The lowest BCUT2D eigenvalue weighted by Crippen LogP contribution is -2.17. The number of carboxylic acids is 1. The van der Waals surface area contributed by atoms with E-state index in [1.54, 1.807) is 37.8 Å². The van der Waals surface area contributed by atoms with Crippen molar-refractivity contribution in [2.75, 3.05) is 13.7 Å². The molecule has 0 fully saturated rings. The molecule has 8 nitrogen and oxygen atoms in total. The summed E-state index contributed by atoms with van der Waals surface area (Å²) in [5.41, 5.74) is 4.71. The number of hydrogen-bond acceptors (Lipinski definition) is 6. The molecule has 4 rings (SSSR count). The zero-order chi connectivity index (χ0) is 26.6. The van der Waals surface area contributed by atoms with E-state index in [9.17, 15) is 15.0 Å². The molecule has 37 heavy (non-hydrogen) atoms. The normalized spacial score (nSPS) is 14.2. The van der Waals surface area contributed by atoms with Crippen molar-refractivity contribution in [2.45, 2.75) is 70.3 Å². The number of pyridine rings is 1. The molecule has 0 amide bonds. The standard InChI is InChI=1S/C29H37N3O5/c1-29(2,35)21-10-12-26(36-4)24(17-21)20(16-28(33)34)15-23-18-27(32(3)31-23)37-14-13-22-11-9-19-7-5-6-8-25(19)30-22/h9-12,17-18,20,35H,5-8,13-16H2,1-4H3,(H,33,34). The van der Waals surface area contributed by atoms with Crippen molar-refractivity contribution in [3.63, 3.8) is 0 Å². The van der Waals surface area contributed by atoms with Gasteiger partial charge in [0.05, 0.1) is 31.4 Å². The SMILES string of the molecule is COc1ccc(C(C)(C)O)cc1C(CC(=O)O)Cc1cc(OCCc2ccc3c(n2)CCCC3)n(C)n1. The molecule has 2 heterocycles. The predicted molar refractivity (Wildman–Crippen MR) is 140 cm³/mol. The largest absolute Gasteiger partial charge is 0.496 e. The van der Waals surface area contributed by atoms with Crippen LogP contribution in [0.5, 0.6) is 11.6 Å². The van der Waals surface area contributed by atoms with E-state index in [1.165, 1.54) is 24.1 Å². The van der Waals surface area contributed by atoms with Crippen LogP contribution in [-0.4, -0.2) is 44.7 Å². The Morgan fingerprint density at radius 2 is 1.92 bits per heavy atom. The topological polar surface area (TPSA) is 107 Å². The predicted octanol–water partition coefficient (Wildman–Crippen LogP) is 4.35. The molecule has 0 aliphatic heterocycles. The Labute approximate surface area is 218 Å². The third-order valence-electron chi connectivity index (χ3n) is 6.98. The summed E-state index contributed by atoms with van der Waals surface area (Å²) in [6, 6.07) is 11.6. The van der Waals surface area contributed by atoms with Gasteiger partial charge in [0.15, 0.2) is 0 Å². The first kappa shape index (κ1) is 26.7. The van der Waals surface area contributed by atoms with Crippen LogP contribution in [-0.2, 0) is 43.1 Å². The number of hydrogen-bond donors (Lipinski definition) is 2. The highest BCUT2D eigenvalue weighted by molar-refractivity contribution is 5.68.